The minimum absolute atomic E-state index is 0.216. The Hall–Kier alpha value is -2.75. The minimum Gasteiger partial charge on any atom is -0.477 e. The SMILES string of the molecule is O=C(O)c1cc2c(NCCCc3ccccc3)cccc2[nH]1. The van der Waals surface area contributed by atoms with E-state index in [1.54, 1.807) is 6.07 Å². The third-order valence-corrected chi connectivity index (χ3v) is 3.70. The lowest BCUT2D eigenvalue weighted by Gasteiger charge is -2.07. The van der Waals surface area contributed by atoms with E-state index >= 15 is 0 Å². The Bertz CT molecular complexity index is 778. The molecule has 0 unspecified atom stereocenters. The molecule has 2 aromatic carbocycles. The lowest BCUT2D eigenvalue weighted by molar-refractivity contribution is 0.0691. The number of aromatic nitrogens is 1. The molecule has 0 radical (unpaired) electrons. The molecule has 0 fully saturated rings. The molecule has 22 heavy (non-hydrogen) atoms. The Labute approximate surface area is 128 Å². The molecule has 0 amide bonds. The average Bonchev–Trinajstić information content (AvgIpc) is 2.98. The highest BCUT2D eigenvalue weighted by Crippen LogP contribution is 2.24. The van der Waals surface area contributed by atoms with Crippen molar-refractivity contribution in [2.24, 2.45) is 0 Å². The van der Waals surface area contributed by atoms with Crippen LogP contribution in [0.4, 0.5) is 5.69 Å². The number of hydrogen-bond donors (Lipinski definition) is 3. The largest absolute Gasteiger partial charge is 0.477 e. The number of hydrogen-bond acceptors (Lipinski definition) is 2. The second-order valence-corrected chi connectivity index (χ2v) is 5.27. The quantitative estimate of drug-likeness (QED) is 0.604. The van der Waals surface area contributed by atoms with Crippen LogP contribution < -0.4 is 5.32 Å². The van der Waals surface area contributed by atoms with Crippen LogP contribution in [0.1, 0.15) is 22.5 Å². The number of aromatic amines is 1. The third kappa shape index (κ3) is 3.11. The van der Waals surface area contributed by atoms with Gasteiger partial charge in [0.2, 0.25) is 0 Å². The molecule has 0 aliphatic rings. The molecule has 0 aliphatic carbocycles. The van der Waals surface area contributed by atoms with Crippen LogP contribution in [-0.4, -0.2) is 22.6 Å². The van der Waals surface area contributed by atoms with Gasteiger partial charge in [0.25, 0.3) is 0 Å². The summed E-state index contributed by atoms with van der Waals surface area (Å²) in [5, 5.41) is 13.4. The number of aromatic carboxylic acids is 1. The minimum atomic E-state index is -0.939. The second-order valence-electron chi connectivity index (χ2n) is 5.27. The molecular formula is C18H18N2O2. The van der Waals surface area contributed by atoms with E-state index < -0.39 is 5.97 Å². The molecule has 4 heteroatoms. The van der Waals surface area contributed by atoms with Crippen molar-refractivity contribution in [3.8, 4) is 0 Å². The van der Waals surface area contributed by atoms with E-state index in [9.17, 15) is 4.79 Å². The summed E-state index contributed by atoms with van der Waals surface area (Å²) in [5.74, 6) is -0.939. The first-order valence-electron chi connectivity index (χ1n) is 7.37. The summed E-state index contributed by atoms with van der Waals surface area (Å²) in [6, 6.07) is 17.8. The van der Waals surface area contributed by atoms with Gasteiger partial charge in [-0.05, 0) is 36.6 Å². The summed E-state index contributed by atoms with van der Waals surface area (Å²) in [7, 11) is 0. The highest BCUT2D eigenvalue weighted by molar-refractivity contribution is 5.99. The normalized spacial score (nSPS) is 10.7. The lowest BCUT2D eigenvalue weighted by atomic mass is 10.1. The molecule has 112 valence electrons. The highest BCUT2D eigenvalue weighted by Gasteiger charge is 2.09. The molecule has 3 N–H and O–H groups in total. The molecule has 0 bridgehead atoms. The van der Waals surface area contributed by atoms with E-state index in [0.29, 0.717) is 0 Å². The number of nitrogens with one attached hydrogen (secondary N) is 2. The summed E-state index contributed by atoms with van der Waals surface area (Å²) >= 11 is 0. The predicted octanol–water partition coefficient (Wildman–Crippen LogP) is 3.91. The zero-order chi connectivity index (χ0) is 15.4. The monoisotopic (exact) mass is 294 g/mol. The number of carboxylic acid groups (broad SMARTS) is 1. The maximum Gasteiger partial charge on any atom is 0.352 e. The highest BCUT2D eigenvalue weighted by atomic mass is 16.4. The number of aryl methyl sites for hydroxylation is 1. The van der Waals surface area contributed by atoms with Gasteiger partial charge in [-0.15, -0.1) is 0 Å². The van der Waals surface area contributed by atoms with Gasteiger partial charge in [-0.3, -0.25) is 0 Å². The number of fused-ring (bicyclic) bond motifs is 1. The number of carboxylic acids is 1. The molecule has 0 aliphatic heterocycles. The first-order valence-corrected chi connectivity index (χ1v) is 7.37. The van der Waals surface area contributed by atoms with Gasteiger partial charge >= 0.3 is 5.97 Å². The Kier molecular flexibility index (Phi) is 4.10. The summed E-state index contributed by atoms with van der Waals surface area (Å²) in [4.78, 5) is 14.0. The molecule has 0 atom stereocenters. The molecule has 1 heterocycles. The van der Waals surface area contributed by atoms with Crippen LogP contribution in [0.15, 0.2) is 54.6 Å². The van der Waals surface area contributed by atoms with Crippen LogP contribution in [0.5, 0.6) is 0 Å². The lowest BCUT2D eigenvalue weighted by Crippen LogP contribution is -2.03. The van der Waals surface area contributed by atoms with Crippen molar-refractivity contribution >= 4 is 22.6 Å². The van der Waals surface area contributed by atoms with Crippen molar-refractivity contribution < 1.29 is 9.90 Å². The maximum absolute atomic E-state index is 11.0. The van der Waals surface area contributed by atoms with Gasteiger partial charge in [-0.1, -0.05) is 36.4 Å². The standard InChI is InChI=1S/C18H18N2O2/c21-18(22)17-12-14-15(9-4-10-16(14)20-17)19-11-5-8-13-6-2-1-3-7-13/h1-4,6-7,9-10,12,19-20H,5,8,11H2,(H,21,22). The van der Waals surface area contributed by atoms with Crippen molar-refractivity contribution in [1.82, 2.24) is 4.98 Å². The maximum atomic E-state index is 11.0. The summed E-state index contributed by atoms with van der Waals surface area (Å²) in [6.07, 6.45) is 2.05. The molecule has 3 rings (SSSR count). The summed E-state index contributed by atoms with van der Waals surface area (Å²) in [6.45, 7) is 0.849. The third-order valence-electron chi connectivity index (χ3n) is 3.70. The van der Waals surface area contributed by atoms with Gasteiger partial charge in [0.15, 0.2) is 0 Å². The van der Waals surface area contributed by atoms with Gasteiger partial charge in [0.1, 0.15) is 5.69 Å². The molecule has 0 spiro atoms. The van der Waals surface area contributed by atoms with Gasteiger partial charge < -0.3 is 15.4 Å². The molecule has 0 saturated heterocycles. The van der Waals surface area contributed by atoms with Crippen LogP contribution in [0.3, 0.4) is 0 Å². The van der Waals surface area contributed by atoms with Crippen molar-refractivity contribution in [2.75, 3.05) is 11.9 Å². The van der Waals surface area contributed by atoms with E-state index in [2.05, 4.69) is 34.6 Å². The Balaban J connectivity index is 1.65. The van der Waals surface area contributed by atoms with Gasteiger partial charge in [0.05, 0.1) is 0 Å². The number of benzene rings is 2. The van der Waals surface area contributed by atoms with E-state index in [0.717, 1.165) is 36.0 Å². The Morgan fingerprint density at radius 3 is 2.68 bits per heavy atom. The fourth-order valence-corrected chi connectivity index (χ4v) is 2.58. The second kappa shape index (κ2) is 6.35. The van der Waals surface area contributed by atoms with Crippen molar-refractivity contribution in [2.45, 2.75) is 12.8 Å². The van der Waals surface area contributed by atoms with Gasteiger partial charge in [-0.25, -0.2) is 4.79 Å². The first kappa shape index (κ1) is 14.2. The van der Waals surface area contributed by atoms with Crippen LogP contribution in [0.25, 0.3) is 10.9 Å². The van der Waals surface area contributed by atoms with Crippen LogP contribution in [-0.2, 0) is 6.42 Å². The van der Waals surface area contributed by atoms with Crippen LogP contribution >= 0.6 is 0 Å². The number of carbonyl (C=O) groups is 1. The van der Waals surface area contributed by atoms with E-state index in [1.807, 2.05) is 24.3 Å². The number of anilines is 1. The van der Waals surface area contributed by atoms with Crippen LogP contribution in [0.2, 0.25) is 0 Å². The zero-order valence-corrected chi connectivity index (χ0v) is 12.2. The van der Waals surface area contributed by atoms with E-state index in [4.69, 9.17) is 5.11 Å². The smallest absolute Gasteiger partial charge is 0.352 e. The van der Waals surface area contributed by atoms with Crippen molar-refractivity contribution in [1.29, 1.82) is 0 Å². The Morgan fingerprint density at radius 2 is 1.91 bits per heavy atom. The number of rotatable bonds is 6. The topological polar surface area (TPSA) is 65.1 Å². The Morgan fingerprint density at radius 1 is 1.09 bits per heavy atom. The van der Waals surface area contributed by atoms with E-state index in [-0.39, 0.29) is 5.69 Å². The molecule has 1 aromatic heterocycles. The average molecular weight is 294 g/mol. The number of H-pyrrole nitrogens is 1. The molecule has 0 saturated carbocycles. The fourth-order valence-electron chi connectivity index (χ4n) is 2.58. The van der Waals surface area contributed by atoms with Gasteiger partial charge in [-0.2, -0.15) is 0 Å². The first-order chi connectivity index (χ1) is 10.7. The predicted molar refractivity (Wildman–Crippen MR) is 88.5 cm³/mol. The van der Waals surface area contributed by atoms with E-state index in [1.165, 1.54) is 5.56 Å². The fraction of sp³-hybridized carbons (Fsp3) is 0.167. The van der Waals surface area contributed by atoms with Crippen molar-refractivity contribution in [3.05, 3.63) is 65.9 Å². The van der Waals surface area contributed by atoms with Gasteiger partial charge in [0, 0.05) is 23.1 Å². The molecular weight excluding hydrogens is 276 g/mol. The zero-order valence-electron chi connectivity index (χ0n) is 12.2. The summed E-state index contributed by atoms with van der Waals surface area (Å²) in [5.41, 5.74) is 3.35. The summed E-state index contributed by atoms with van der Waals surface area (Å²) < 4.78 is 0. The molecule has 3 aromatic rings. The molecule has 4 nitrogen and oxygen atoms in total. The van der Waals surface area contributed by atoms with Crippen molar-refractivity contribution in [3.63, 3.8) is 0 Å². The van der Waals surface area contributed by atoms with Crippen LogP contribution in [0, 0.1) is 0 Å².